The minimum atomic E-state index is -0.552. The Morgan fingerprint density at radius 3 is 2.42 bits per heavy atom. The Morgan fingerprint density at radius 1 is 1.15 bits per heavy atom. The quantitative estimate of drug-likeness (QED) is 0.611. The zero-order chi connectivity index (χ0) is 19.7. The summed E-state index contributed by atoms with van der Waals surface area (Å²) >= 11 is 0. The maximum absolute atomic E-state index is 12.5. The highest BCUT2D eigenvalue weighted by Gasteiger charge is 2.15. The molecule has 0 unspecified atom stereocenters. The number of anilines is 2. The highest BCUT2D eigenvalue weighted by atomic mass is 16.5. The van der Waals surface area contributed by atoms with E-state index in [0.29, 0.717) is 23.7 Å². The van der Waals surface area contributed by atoms with Crippen molar-refractivity contribution < 1.29 is 19.1 Å². The molecule has 3 N–H and O–H groups in total. The molecule has 26 heavy (non-hydrogen) atoms. The van der Waals surface area contributed by atoms with Gasteiger partial charge in [-0.1, -0.05) is 13.8 Å². The van der Waals surface area contributed by atoms with Crippen molar-refractivity contribution in [3.63, 3.8) is 0 Å². The first kappa shape index (κ1) is 21.3. The van der Waals surface area contributed by atoms with Crippen LogP contribution in [0.2, 0.25) is 0 Å². The van der Waals surface area contributed by atoms with Crippen molar-refractivity contribution in [2.75, 3.05) is 44.0 Å². The normalized spacial score (nSPS) is 10.2. The van der Waals surface area contributed by atoms with Crippen LogP contribution in [0.1, 0.15) is 31.1 Å². The van der Waals surface area contributed by atoms with Crippen LogP contribution in [-0.2, 0) is 9.53 Å². The number of carbonyl (C=O) groups is 3. The van der Waals surface area contributed by atoms with Gasteiger partial charge in [-0.05, 0) is 31.0 Å². The lowest BCUT2D eigenvalue weighted by atomic mass is 10.1. The number of urea groups is 1. The second kappa shape index (κ2) is 10.3. The van der Waals surface area contributed by atoms with Crippen LogP contribution in [0.3, 0.4) is 0 Å². The van der Waals surface area contributed by atoms with E-state index in [1.807, 2.05) is 32.8 Å². The van der Waals surface area contributed by atoms with Crippen LogP contribution in [-0.4, -0.2) is 51.7 Å². The first-order chi connectivity index (χ1) is 12.2. The molecular weight excluding hydrogens is 336 g/mol. The molecule has 8 heteroatoms. The average Bonchev–Trinajstić information content (AvgIpc) is 2.57. The molecule has 0 saturated carbocycles. The lowest BCUT2D eigenvalue weighted by molar-refractivity contribution is -0.141. The van der Waals surface area contributed by atoms with E-state index in [1.54, 1.807) is 25.1 Å². The molecule has 1 rings (SSSR count). The Hall–Kier alpha value is -2.77. The van der Waals surface area contributed by atoms with Crippen molar-refractivity contribution in [2.24, 2.45) is 5.92 Å². The molecule has 0 fully saturated rings. The molecule has 0 aliphatic rings. The van der Waals surface area contributed by atoms with Gasteiger partial charge in [-0.3, -0.25) is 9.59 Å². The average molecular weight is 364 g/mol. The minimum absolute atomic E-state index is 0.210. The third-order valence-electron chi connectivity index (χ3n) is 3.35. The first-order valence-electron chi connectivity index (χ1n) is 8.54. The van der Waals surface area contributed by atoms with Gasteiger partial charge in [0.15, 0.2) is 0 Å². The Kier molecular flexibility index (Phi) is 8.41. The fourth-order valence-electron chi connectivity index (χ4n) is 2.12. The zero-order valence-corrected chi connectivity index (χ0v) is 16.0. The highest BCUT2D eigenvalue weighted by Crippen LogP contribution is 2.23. The second-order valence-electron chi connectivity index (χ2n) is 6.34. The molecule has 0 aliphatic carbocycles. The van der Waals surface area contributed by atoms with Crippen LogP contribution in [0.15, 0.2) is 18.2 Å². The van der Waals surface area contributed by atoms with Crippen LogP contribution < -0.4 is 20.9 Å². The summed E-state index contributed by atoms with van der Waals surface area (Å²) in [6, 6.07) is 4.50. The van der Waals surface area contributed by atoms with Crippen LogP contribution in [0.4, 0.5) is 16.2 Å². The van der Waals surface area contributed by atoms with E-state index in [9.17, 15) is 14.4 Å². The fraction of sp³-hybridized carbons (Fsp3) is 0.500. The van der Waals surface area contributed by atoms with Gasteiger partial charge in [0.2, 0.25) is 0 Å². The summed E-state index contributed by atoms with van der Waals surface area (Å²) in [6.45, 7) is 6.30. The van der Waals surface area contributed by atoms with Gasteiger partial charge in [0.1, 0.15) is 6.54 Å². The van der Waals surface area contributed by atoms with Gasteiger partial charge >= 0.3 is 12.0 Å². The largest absolute Gasteiger partial charge is 0.465 e. The van der Waals surface area contributed by atoms with Crippen LogP contribution in [0.25, 0.3) is 0 Å². The molecule has 0 heterocycles. The molecule has 0 spiro atoms. The number of esters is 1. The first-order valence-corrected chi connectivity index (χ1v) is 8.54. The maximum atomic E-state index is 12.5. The molecule has 0 radical (unpaired) electrons. The van der Waals surface area contributed by atoms with E-state index >= 15 is 0 Å². The number of amides is 3. The lowest BCUT2D eigenvalue weighted by Gasteiger charge is -2.19. The highest BCUT2D eigenvalue weighted by molar-refractivity contribution is 6.02. The van der Waals surface area contributed by atoms with Crippen LogP contribution in [0, 0.1) is 5.92 Å². The van der Waals surface area contributed by atoms with Gasteiger partial charge in [-0.25, -0.2) is 4.79 Å². The van der Waals surface area contributed by atoms with Crippen molar-refractivity contribution in [3.8, 4) is 0 Å². The standard InChI is InChI=1S/C18H28N4O4/c1-6-26-16(23)11-20-18(25)21-13-7-8-15(22(4)5)14(9-13)17(24)19-10-12(2)3/h7-9,12H,6,10-11H2,1-5H3,(H,19,24)(H2,20,21,25). The van der Waals surface area contributed by atoms with E-state index in [2.05, 4.69) is 16.0 Å². The third kappa shape index (κ3) is 7.00. The molecule has 1 aromatic rings. The molecule has 1 aromatic carbocycles. The lowest BCUT2D eigenvalue weighted by Crippen LogP contribution is -2.34. The monoisotopic (exact) mass is 364 g/mol. The zero-order valence-electron chi connectivity index (χ0n) is 16.0. The number of hydrogen-bond donors (Lipinski definition) is 3. The number of hydrogen-bond acceptors (Lipinski definition) is 5. The van der Waals surface area contributed by atoms with Gasteiger partial charge in [0, 0.05) is 32.0 Å². The van der Waals surface area contributed by atoms with Crippen molar-refractivity contribution in [1.82, 2.24) is 10.6 Å². The van der Waals surface area contributed by atoms with Gasteiger partial charge in [-0.15, -0.1) is 0 Å². The minimum Gasteiger partial charge on any atom is -0.465 e. The predicted octanol–water partition coefficient (Wildman–Crippen LogP) is 1.82. The fourth-order valence-corrected chi connectivity index (χ4v) is 2.12. The smallest absolute Gasteiger partial charge is 0.325 e. The Morgan fingerprint density at radius 2 is 1.85 bits per heavy atom. The van der Waals surface area contributed by atoms with Gasteiger partial charge in [-0.2, -0.15) is 0 Å². The summed E-state index contributed by atoms with van der Waals surface area (Å²) in [7, 11) is 3.68. The SMILES string of the molecule is CCOC(=O)CNC(=O)Nc1ccc(N(C)C)c(C(=O)NCC(C)C)c1. The molecule has 0 aliphatic heterocycles. The number of carbonyl (C=O) groups excluding carboxylic acids is 3. The Balaban J connectivity index is 2.83. The molecule has 144 valence electrons. The Labute approximate surface area is 154 Å². The second-order valence-corrected chi connectivity index (χ2v) is 6.34. The van der Waals surface area contributed by atoms with Gasteiger partial charge < -0.3 is 25.6 Å². The van der Waals surface area contributed by atoms with Crippen molar-refractivity contribution in [2.45, 2.75) is 20.8 Å². The van der Waals surface area contributed by atoms with Crippen LogP contribution >= 0.6 is 0 Å². The van der Waals surface area contributed by atoms with Crippen molar-refractivity contribution in [3.05, 3.63) is 23.8 Å². The predicted molar refractivity (Wildman–Crippen MR) is 102 cm³/mol. The van der Waals surface area contributed by atoms with Crippen LogP contribution in [0.5, 0.6) is 0 Å². The van der Waals surface area contributed by atoms with E-state index in [-0.39, 0.29) is 19.1 Å². The Bertz CT molecular complexity index is 644. The molecule has 0 saturated heterocycles. The summed E-state index contributed by atoms with van der Waals surface area (Å²) in [4.78, 5) is 37.5. The summed E-state index contributed by atoms with van der Waals surface area (Å²) in [5, 5.41) is 7.89. The number of ether oxygens (including phenoxy) is 1. The number of nitrogens with one attached hydrogen (secondary N) is 3. The van der Waals surface area contributed by atoms with Gasteiger partial charge in [0.05, 0.1) is 12.2 Å². The molecule has 8 nitrogen and oxygen atoms in total. The third-order valence-corrected chi connectivity index (χ3v) is 3.35. The molecule has 0 atom stereocenters. The molecular formula is C18H28N4O4. The summed E-state index contributed by atoms with van der Waals surface area (Å²) in [6.07, 6.45) is 0. The maximum Gasteiger partial charge on any atom is 0.325 e. The summed E-state index contributed by atoms with van der Waals surface area (Å²) in [5.74, 6) is -0.394. The van der Waals surface area contributed by atoms with E-state index in [1.165, 1.54) is 0 Å². The molecule has 3 amide bonds. The summed E-state index contributed by atoms with van der Waals surface area (Å²) < 4.78 is 4.74. The molecule has 0 aromatic heterocycles. The number of nitrogens with zero attached hydrogens (tertiary/aromatic N) is 1. The van der Waals surface area contributed by atoms with E-state index in [4.69, 9.17) is 4.74 Å². The van der Waals surface area contributed by atoms with E-state index in [0.717, 1.165) is 5.69 Å². The topological polar surface area (TPSA) is 99.8 Å². The number of rotatable bonds is 8. The van der Waals surface area contributed by atoms with Crippen molar-refractivity contribution >= 4 is 29.3 Å². The number of benzene rings is 1. The molecule has 0 bridgehead atoms. The van der Waals surface area contributed by atoms with E-state index < -0.39 is 12.0 Å². The van der Waals surface area contributed by atoms with Gasteiger partial charge in [0.25, 0.3) is 5.91 Å². The van der Waals surface area contributed by atoms with Crippen molar-refractivity contribution in [1.29, 1.82) is 0 Å². The summed E-state index contributed by atoms with van der Waals surface area (Å²) in [5.41, 5.74) is 1.65.